The molecule has 3 heterocycles. The van der Waals surface area contributed by atoms with E-state index in [4.69, 9.17) is 0 Å². The van der Waals surface area contributed by atoms with Gasteiger partial charge in [-0.25, -0.2) is 9.67 Å². The van der Waals surface area contributed by atoms with Gasteiger partial charge < -0.3 is 10.2 Å². The van der Waals surface area contributed by atoms with Crippen molar-refractivity contribution in [1.82, 2.24) is 19.7 Å². The third-order valence-electron chi connectivity index (χ3n) is 5.30. The number of aromatic nitrogens is 3. The third kappa shape index (κ3) is 4.40. The molecule has 3 aromatic rings. The standard InChI is InChI=1S/C23H25N5O2/c1-16-11-17(2)13-19(12-16)23(30)27-9-3-5-18(15-27)22(29)26-20-6-7-21(24-14-20)28-10-4-8-25-28/h4,6-8,10-14,18H,3,5,9,15H2,1-2H3,(H,26,29). The number of rotatable bonds is 4. The normalized spacial score (nSPS) is 16.3. The van der Waals surface area contributed by atoms with Crippen molar-refractivity contribution in [3.63, 3.8) is 0 Å². The van der Waals surface area contributed by atoms with Crippen molar-refractivity contribution in [1.29, 1.82) is 0 Å². The molecule has 1 aliphatic rings. The van der Waals surface area contributed by atoms with E-state index in [1.807, 2.05) is 44.3 Å². The van der Waals surface area contributed by atoms with E-state index in [1.165, 1.54) is 0 Å². The van der Waals surface area contributed by atoms with Gasteiger partial charge in [-0.2, -0.15) is 5.10 Å². The van der Waals surface area contributed by atoms with Gasteiger partial charge in [0, 0.05) is 31.0 Å². The molecule has 0 spiro atoms. The number of carbonyl (C=O) groups excluding carboxylic acids is 2. The molecule has 2 amide bonds. The molecular formula is C23H25N5O2. The number of nitrogens with zero attached hydrogens (tertiary/aromatic N) is 4. The largest absolute Gasteiger partial charge is 0.338 e. The molecule has 0 aliphatic carbocycles. The molecule has 30 heavy (non-hydrogen) atoms. The lowest BCUT2D eigenvalue weighted by Gasteiger charge is -2.32. The number of amides is 2. The Labute approximate surface area is 175 Å². The molecule has 7 heteroatoms. The number of hydrogen-bond donors (Lipinski definition) is 1. The van der Waals surface area contributed by atoms with E-state index in [0.29, 0.717) is 30.2 Å². The Bertz CT molecular complexity index is 1020. The molecule has 1 atom stereocenters. The summed E-state index contributed by atoms with van der Waals surface area (Å²) in [6, 6.07) is 11.3. The quantitative estimate of drug-likeness (QED) is 0.724. The number of hydrogen-bond acceptors (Lipinski definition) is 4. The van der Waals surface area contributed by atoms with Crippen molar-refractivity contribution in [2.24, 2.45) is 5.92 Å². The van der Waals surface area contributed by atoms with Crippen LogP contribution in [0.4, 0.5) is 5.69 Å². The Morgan fingerprint density at radius 2 is 1.93 bits per heavy atom. The highest BCUT2D eigenvalue weighted by Gasteiger charge is 2.29. The molecule has 7 nitrogen and oxygen atoms in total. The van der Waals surface area contributed by atoms with E-state index in [-0.39, 0.29) is 17.7 Å². The Morgan fingerprint density at radius 1 is 1.13 bits per heavy atom. The summed E-state index contributed by atoms with van der Waals surface area (Å²) in [6.07, 6.45) is 6.69. The second-order valence-electron chi connectivity index (χ2n) is 7.81. The number of benzene rings is 1. The van der Waals surface area contributed by atoms with E-state index >= 15 is 0 Å². The first kappa shape index (κ1) is 19.8. The van der Waals surface area contributed by atoms with Crippen molar-refractivity contribution >= 4 is 17.5 Å². The monoisotopic (exact) mass is 403 g/mol. The molecule has 1 fully saturated rings. The van der Waals surface area contributed by atoms with Crippen LogP contribution in [0, 0.1) is 19.8 Å². The fraction of sp³-hybridized carbons (Fsp3) is 0.304. The van der Waals surface area contributed by atoms with Gasteiger partial charge in [0.05, 0.1) is 17.8 Å². The molecule has 154 valence electrons. The fourth-order valence-corrected chi connectivity index (χ4v) is 3.90. The van der Waals surface area contributed by atoms with E-state index in [1.54, 1.807) is 28.0 Å². The zero-order chi connectivity index (χ0) is 21.1. The summed E-state index contributed by atoms with van der Waals surface area (Å²) in [5.41, 5.74) is 3.45. The highest BCUT2D eigenvalue weighted by molar-refractivity contribution is 5.96. The number of pyridine rings is 1. The van der Waals surface area contributed by atoms with Crippen molar-refractivity contribution in [2.75, 3.05) is 18.4 Å². The maximum Gasteiger partial charge on any atom is 0.253 e. The fourth-order valence-electron chi connectivity index (χ4n) is 3.90. The number of carbonyl (C=O) groups is 2. The first-order valence-electron chi connectivity index (χ1n) is 10.1. The van der Waals surface area contributed by atoms with Gasteiger partial charge in [0.1, 0.15) is 0 Å². The molecule has 1 aromatic carbocycles. The lowest BCUT2D eigenvalue weighted by Crippen LogP contribution is -2.43. The van der Waals surface area contributed by atoms with E-state index in [0.717, 1.165) is 24.0 Å². The molecule has 0 bridgehead atoms. The molecule has 1 unspecified atom stereocenters. The van der Waals surface area contributed by atoms with Crippen LogP contribution in [0.25, 0.3) is 5.82 Å². The van der Waals surface area contributed by atoms with Crippen molar-refractivity contribution in [3.05, 3.63) is 71.7 Å². The number of piperidine rings is 1. The smallest absolute Gasteiger partial charge is 0.253 e. The van der Waals surface area contributed by atoms with Crippen LogP contribution >= 0.6 is 0 Å². The van der Waals surface area contributed by atoms with Gasteiger partial charge in [-0.1, -0.05) is 17.2 Å². The van der Waals surface area contributed by atoms with Crippen molar-refractivity contribution in [2.45, 2.75) is 26.7 Å². The summed E-state index contributed by atoms with van der Waals surface area (Å²) in [5, 5.41) is 7.07. The Balaban J connectivity index is 1.40. The van der Waals surface area contributed by atoms with Gasteiger partial charge >= 0.3 is 0 Å². The summed E-state index contributed by atoms with van der Waals surface area (Å²) < 4.78 is 1.66. The van der Waals surface area contributed by atoms with Crippen LogP contribution in [0.5, 0.6) is 0 Å². The Morgan fingerprint density at radius 3 is 2.60 bits per heavy atom. The van der Waals surface area contributed by atoms with Crippen LogP contribution in [0.2, 0.25) is 0 Å². The van der Waals surface area contributed by atoms with Crippen LogP contribution < -0.4 is 5.32 Å². The maximum absolute atomic E-state index is 13.0. The summed E-state index contributed by atoms with van der Waals surface area (Å²) in [5.74, 6) is 0.353. The molecule has 0 radical (unpaired) electrons. The summed E-state index contributed by atoms with van der Waals surface area (Å²) >= 11 is 0. The molecule has 2 aromatic heterocycles. The van der Waals surface area contributed by atoms with Crippen molar-refractivity contribution < 1.29 is 9.59 Å². The Hall–Kier alpha value is -3.48. The average molecular weight is 403 g/mol. The van der Waals surface area contributed by atoms with Gasteiger partial charge in [-0.3, -0.25) is 9.59 Å². The zero-order valence-corrected chi connectivity index (χ0v) is 17.2. The SMILES string of the molecule is Cc1cc(C)cc(C(=O)N2CCCC(C(=O)Nc3ccc(-n4cccn4)nc3)C2)c1. The first-order valence-corrected chi connectivity index (χ1v) is 10.1. The topological polar surface area (TPSA) is 80.1 Å². The highest BCUT2D eigenvalue weighted by Crippen LogP contribution is 2.21. The molecule has 1 aliphatic heterocycles. The molecule has 1 N–H and O–H groups in total. The van der Waals surface area contributed by atoms with Gasteiger partial charge in [0.25, 0.3) is 5.91 Å². The number of nitrogens with one attached hydrogen (secondary N) is 1. The summed E-state index contributed by atoms with van der Waals surface area (Å²) in [6.45, 7) is 5.08. The third-order valence-corrected chi connectivity index (χ3v) is 5.30. The zero-order valence-electron chi connectivity index (χ0n) is 17.2. The number of anilines is 1. The summed E-state index contributed by atoms with van der Waals surface area (Å²) in [4.78, 5) is 31.9. The Kier molecular flexibility index (Phi) is 5.61. The van der Waals surface area contributed by atoms with Gasteiger partial charge in [0.15, 0.2) is 5.82 Å². The minimum absolute atomic E-state index is 0.00968. The molecule has 0 saturated carbocycles. The molecule has 4 rings (SSSR count). The van der Waals surface area contributed by atoms with Gasteiger partial charge in [0.2, 0.25) is 5.91 Å². The number of aryl methyl sites for hydroxylation is 2. The lowest BCUT2D eigenvalue weighted by molar-refractivity contribution is -0.121. The first-order chi connectivity index (χ1) is 14.5. The minimum Gasteiger partial charge on any atom is -0.338 e. The second kappa shape index (κ2) is 8.49. The average Bonchev–Trinajstić information content (AvgIpc) is 3.28. The van der Waals surface area contributed by atoms with Crippen LogP contribution in [0.1, 0.15) is 34.3 Å². The van der Waals surface area contributed by atoms with Gasteiger partial charge in [-0.15, -0.1) is 0 Å². The van der Waals surface area contributed by atoms with Crippen LogP contribution in [0.15, 0.2) is 55.0 Å². The maximum atomic E-state index is 13.0. The summed E-state index contributed by atoms with van der Waals surface area (Å²) in [7, 11) is 0. The second-order valence-corrected chi connectivity index (χ2v) is 7.81. The van der Waals surface area contributed by atoms with E-state index in [2.05, 4.69) is 21.5 Å². The lowest BCUT2D eigenvalue weighted by atomic mass is 9.96. The van der Waals surface area contributed by atoms with Crippen LogP contribution in [-0.4, -0.2) is 44.6 Å². The van der Waals surface area contributed by atoms with Crippen LogP contribution in [-0.2, 0) is 4.79 Å². The van der Waals surface area contributed by atoms with E-state index in [9.17, 15) is 9.59 Å². The number of likely N-dealkylation sites (tertiary alicyclic amines) is 1. The van der Waals surface area contributed by atoms with E-state index < -0.39 is 0 Å². The predicted octanol–water partition coefficient (Wildman–Crippen LogP) is 3.38. The predicted molar refractivity (Wildman–Crippen MR) is 115 cm³/mol. The van der Waals surface area contributed by atoms with Crippen molar-refractivity contribution in [3.8, 4) is 5.82 Å². The molecular weight excluding hydrogens is 378 g/mol. The highest BCUT2D eigenvalue weighted by atomic mass is 16.2. The molecule has 1 saturated heterocycles. The minimum atomic E-state index is -0.237. The van der Waals surface area contributed by atoms with Gasteiger partial charge in [-0.05, 0) is 57.0 Å². The van der Waals surface area contributed by atoms with Crippen LogP contribution in [0.3, 0.4) is 0 Å².